The molecule has 0 saturated carbocycles. The maximum Gasteiger partial charge on any atom is 0.410 e. The molecule has 1 N–H and O–H groups in total. The highest BCUT2D eigenvalue weighted by atomic mass is 32.2. The summed E-state index contributed by atoms with van der Waals surface area (Å²) < 4.78 is 12.7. The van der Waals surface area contributed by atoms with Crippen LogP contribution in [0.25, 0.3) is 0 Å². The molecule has 0 radical (unpaired) electrons. The first-order valence-corrected chi connectivity index (χ1v) is 14.3. The highest BCUT2D eigenvalue weighted by Gasteiger charge is 2.39. The third-order valence-corrected chi connectivity index (χ3v) is 7.58. The predicted molar refractivity (Wildman–Crippen MR) is 153 cm³/mol. The van der Waals surface area contributed by atoms with Gasteiger partial charge >= 0.3 is 6.09 Å². The number of aromatic nitrogens is 4. The molecule has 4 atom stereocenters. The summed E-state index contributed by atoms with van der Waals surface area (Å²) in [6, 6.07) is 7.64. The van der Waals surface area contributed by atoms with Gasteiger partial charge in [0.2, 0.25) is 17.0 Å². The molecule has 0 aliphatic carbocycles. The van der Waals surface area contributed by atoms with Crippen LogP contribution in [0.5, 0.6) is 0 Å². The summed E-state index contributed by atoms with van der Waals surface area (Å²) in [5.41, 5.74) is -0.721. The van der Waals surface area contributed by atoms with E-state index in [1.54, 1.807) is 44.2 Å². The average molecular weight is 586 g/mol. The minimum Gasteiger partial charge on any atom is -0.444 e. The number of carbonyl (C=O) groups is 3. The van der Waals surface area contributed by atoms with E-state index in [1.165, 1.54) is 23.7 Å². The maximum absolute atomic E-state index is 13.9. The van der Waals surface area contributed by atoms with Crippen molar-refractivity contribution in [2.24, 2.45) is 0 Å². The van der Waals surface area contributed by atoms with Crippen molar-refractivity contribution in [2.45, 2.75) is 93.9 Å². The van der Waals surface area contributed by atoms with Crippen molar-refractivity contribution < 1.29 is 23.9 Å². The number of ether oxygens (including phenoxy) is 2. The van der Waals surface area contributed by atoms with Crippen LogP contribution in [0.4, 0.5) is 4.79 Å². The molecule has 0 spiro atoms. The molecule has 1 aliphatic heterocycles. The van der Waals surface area contributed by atoms with Crippen molar-refractivity contribution in [3.8, 4) is 12.3 Å². The number of rotatable bonds is 11. The largest absolute Gasteiger partial charge is 0.444 e. The number of nitrogens with one attached hydrogen (secondary N) is 1. The van der Waals surface area contributed by atoms with Crippen LogP contribution < -0.4 is 5.32 Å². The lowest BCUT2D eigenvalue weighted by Gasteiger charge is -2.33. The van der Waals surface area contributed by atoms with E-state index in [4.69, 9.17) is 15.9 Å². The van der Waals surface area contributed by atoms with E-state index < -0.39 is 35.8 Å². The first-order chi connectivity index (χ1) is 19.4. The Hall–Kier alpha value is -3.63. The Kier molecular flexibility index (Phi) is 11.1. The Labute approximate surface area is 245 Å². The van der Waals surface area contributed by atoms with Crippen molar-refractivity contribution in [3.05, 3.63) is 30.3 Å². The topological polar surface area (TPSA) is 132 Å². The number of carbonyl (C=O) groups excluding carboxylic acids is 3. The Bertz CT molecular complexity index is 1230. The van der Waals surface area contributed by atoms with E-state index in [2.05, 4.69) is 26.8 Å². The number of likely N-dealkylation sites (tertiary alicyclic amines) is 1. The Morgan fingerprint density at radius 1 is 1.24 bits per heavy atom. The summed E-state index contributed by atoms with van der Waals surface area (Å²) in [5.74, 6) is 1.57. The van der Waals surface area contributed by atoms with Gasteiger partial charge in [-0.15, -0.1) is 11.5 Å². The minimum atomic E-state index is -1.03. The van der Waals surface area contributed by atoms with Crippen LogP contribution >= 0.6 is 11.8 Å². The highest BCUT2D eigenvalue weighted by Crippen LogP contribution is 2.27. The molecule has 13 heteroatoms. The second-order valence-corrected chi connectivity index (χ2v) is 11.9. The molecule has 1 saturated heterocycles. The number of likely N-dealkylation sites (N-methyl/N-ethyl adjacent to an activating group) is 1. The van der Waals surface area contributed by atoms with Gasteiger partial charge in [0.25, 0.3) is 0 Å². The molecule has 222 valence electrons. The van der Waals surface area contributed by atoms with Gasteiger partial charge in [0.15, 0.2) is 0 Å². The van der Waals surface area contributed by atoms with E-state index in [0.29, 0.717) is 18.2 Å². The van der Waals surface area contributed by atoms with Crippen molar-refractivity contribution >= 4 is 29.7 Å². The van der Waals surface area contributed by atoms with Gasteiger partial charge in [-0.1, -0.05) is 24.1 Å². The molecule has 3 amide bonds. The van der Waals surface area contributed by atoms with Crippen LogP contribution in [0.1, 0.15) is 47.5 Å². The molecule has 0 unspecified atom stereocenters. The van der Waals surface area contributed by atoms with Gasteiger partial charge in [0.1, 0.15) is 24.3 Å². The van der Waals surface area contributed by atoms with E-state index in [-0.39, 0.29) is 18.6 Å². The zero-order chi connectivity index (χ0) is 30.2. The van der Waals surface area contributed by atoms with Gasteiger partial charge in [0, 0.05) is 18.5 Å². The smallest absolute Gasteiger partial charge is 0.410 e. The van der Waals surface area contributed by atoms with Gasteiger partial charge in [-0.25, -0.2) is 9.48 Å². The standard InChI is InChI=1S/C28H39N7O5S/c1-8-17-39-20(3)23(29-24(36)19(2)33(7)27(38)40-28(4,5)6)25(37)34-16-12-13-21(34)18-35-26(30-31-32-35)41-22-14-10-9-11-15-22/h1,9-11,14-15,19-21,23H,12-13,16-18H2,2-7H3,(H,29,36)/t19-,20+,21-,23-/m0/s1. The zero-order valence-electron chi connectivity index (χ0n) is 24.4. The normalized spacial score (nSPS) is 17.3. The monoisotopic (exact) mass is 585 g/mol. The second-order valence-electron chi connectivity index (χ2n) is 10.9. The van der Waals surface area contributed by atoms with E-state index in [0.717, 1.165) is 17.7 Å². The third-order valence-electron chi connectivity index (χ3n) is 6.60. The van der Waals surface area contributed by atoms with Crippen molar-refractivity contribution in [1.29, 1.82) is 0 Å². The molecule has 1 aromatic carbocycles. The molecule has 3 rings (SSSR count). The SMILES string of the molecule is C#CCO[C@H](C)[C@H](NC(=O)[C@H](C)N(C)C(=O)OC(C)(C)C)C(=O)N1CCC[C@H]1Cn1nnnc1Sc1ccccc1. The lowest BCUT2D eigenvalue weighted by molar-refractivity contribution is -0.142. The van der Waals surface area contributed by atoms with Crippen LogP contribution in [0.3, 0.4) is 0 Å². The number of amides is 3. The van der Waals surface area contributed by atoms with Gasteiger partial charge in [-0.05, 0) is 81.8 Å². The molecule has 1 fully saturated rings. The second kappa shape index (κ2) is 14.3. The number of nitrogens with zero attached hydrogens (tertiary/aromatic N) is 6. The molecule has 2 aromatic rings. The van der Waals surface area contributed by atoms with Crippen molar-refractivity contribution in [3.63, 3.8) is 0 Å². The van der Waals surface area contributed by atoms with Gasteiger partial charge in [0.05, 0.1) is 18.7 Å². The highest BCUT2D eigenvalue weighted by molar-refractivity contribution is 7.99. The number of benzene rings is 1. The van der Waals surface area contributed by atoms with E-state index in [9.17, 15) is 14.4 Å². The lowest BCUT2D eigenvalue weighted by atomic mass is 10.1. The van der Waals surface area contributed by atoms with Crippen LogP contribution in [0, 0.1) is 12.3 Å². The lowest BCUT2D eigenvalue weighted by Crippen LogP contribution is -2.59. The zero-order valence-corrected chi connectivity index (χ0v) is 25.3. The summed E-state index contributed by atoms with van der Waals surface area (Å²) in [6.07, 6.45) is 5.54. The molecule has 1 aliphatic rings. The third kappa shape index (κ3) is 8.93. The summed E-state index contributed by atoms with van der Waals surface area (Å²) in [5, 5.41) is 15.6. The Balaban J connectivity index is 1.74. The quantitative estimate of drug-likeness (QED) is 0.395. The number of hydrogen-bond donors (Lipinski definition) is 1. The van der Waals surface area contributed by atoms with Crippen LogP contribution in [0.15, 0.2) is 40.4 Å². The van der Waals surface area contributed by atoms with Crippen LogP contribution in [-0.2, 0) is 25.6 Å². The fraction of sp³-hybridized carbons (Fsp3) is 0.571. The molecule has 0 bridgehead atoms. The van der Waals surface area contributed by atoms with Crippen LogP contribution in [-0.4, -0.2) is 97.9 Å². The number of tetrazole rings is 1. The average Bonchev–Trinajstić information content (AvgIpc) is 3.58. The van der Waals surface area contributed by atoms with Gasteiger partial charge in [-0.2, -0.15) is 0 Å². The predicted octanol–water partition coefficient (Wildman–Crippen LogP) is 2.59. The van der Waals surface area contributed by atoms with Gasteiger partial charge < -0.3 is 19.7 Å². The first-order valence-electron chi connectivity index (χ1n) is 13.5. The summed E-state index contributed by atoms with van der Waals surface area (Å²) in [6.45, 7) is 9.36. The first kappa shape index (κ1) is 31.9. The Morgan fingerprint density at radius 2 is 1.95 bits per heavy atom. The molecule has 41 heavy (non-hydrogen) atoms. The molecular weight excluding hydrogens is 546 g/mol. The number of hydrogen-bond acceptors (Lipinski definition) is 9. The Morgan fingerprint density at radius 3 is 2.61 bits per heavy atom. The number of terminal acetylenes is 1. The van der Waals surface area contributed by atoms with E-state index in [1.807, 2.05) is 30.3 Å². The molecular formula is C28H39N7O5S. The van der Waals surface area contributed by atoms with Crippen molar-refractivity contribution in [2.75, 3.05) is 20.2 Å². The van der Waals surface area contributed by atoms with Crippen molar-refractivity contribution in [1.82, 2.24) is 35.3 Å². The molecule has 12 nitrogen and oxygen atoms in total. The van der Waals surface area contributed by atoms with Crippen LogP contribution in [0.2, 0.25) is 0 Å². The summed E-state index contributed by atoms with van der Waals surface area (Å²) in [7, 11) is 1.47. The van der Waals surface area contributed by atoms with E-state index >= 15 is 0 Å². The maximum atomic E-state index is 13.9. The molecule has 1 aromatic heterocycles. The minimum absolute atomic E-state index is 0.0255. The fourth-order valence-corrected chi connectivity index (χ4v) is 5.07. The summed E-state index contributed by atoms with van der Waals surface area (Å²) in [4.78, 5) is 43.6. The van der Waals surface area contributed by atoms with Gasteiger partial charge in [-0.3, -0.25) is 14.5 Å². The molecule has 2 heterocycles. The fourth-order valence-electron chi connectivity index (χ4n) is 4.27. The summed E-state index contributed by atoms with van der Waals surface area (Å²) >= 11 is 1.44.